The van der Waals surface area contributed by atoms with E-state index in [9.17, 15) is 14.4 Å². The molecule has 4 rings (SSSR count). The van der Waals surface area contributed by atoms with Crippen molar-refractivity contribution in [1.29, 1.82) is 0 Å². The van der Waals surface area contributed by atoms with Crippen molar-refractivity contribution in [3.05, 3.63) is 95.7 Å². The molecule has 0 radical (unpaired) electrons. The second kappa shape index (κ2) is 8.67. The summed E-state index contributed by atoms with van der Waals surface area (Å²) in [5.41, 5.74) is 4.64. The van der Waals surface area contributed by atoms with Gasteiger partial charge in [0.05, 0.1) is 0 Å². The molecule has 0 saturated carbocycles. The molecule has 0 spiro atoms. The van der Waals surface area contributed by atoms with Crippen molar-refractivity contribution >= 4 is 29.6 Å². The van der Waals surface area contributed by atoms with E-state index in [0.717, 1.165) is 27.2 Å². The zero-order valence-electron chi connectivity index (χ0n) is 17.0. The smallest absolute Gasteiger partial charge is 0.325 e. The predicted octanol–water partition coefficient (Wildman–Crippen LogP) is 4.19. The van der Waals surface area contributed by atoms with Crippen LogP contribution in [-0.2, 0) is 9.59 Å². The first kappa shape index (κ1) is 20.1. The summed E-state index contributed by atoms with van der Waals surface area (Å²) < 4.78 is 0. The van der Waals surface area contributed by atoms with Crippen molar-refractivity contribution in [3.8, 4) is 11.1 Å². The quantitative estimate of drug-likeness (QED) is 0.488. The summed E-state index contributed by atoms with van der Waals surface area (Å²) >= 11 is 0. The fraction of sp³-hybridized carbons (Fsp3) is 0.0800. The van der Waals surface area contributed by atoms with Gasteiger partial charge in [0.15, 0.2) is 0 Å². The van der Waals surface area contributed by atoms with E-state index in [1.165, 1.54) is 0 Å². The van der Waals surface area contributed by atoms with Gasteiger partial charge < -0.3 is 10.6 Å². The normalized spacial score (nSPS) is 14.6. The Bertz CT molecular complexity index is 1170. The third kappa shape index (κ3) is 4.70. The van der Waals surface area contributed by atoms with Gasteiger partial charge in [0, 0.05) is 5.69 Å². The zero-order chi connectivity index (χ0) is 21.8. The van der Waals surface area contributed by atoms with Crippen molar-refractivity contribution in [3.63, 3.8) is 0 Å². The molecule has 1 aliphatic rings. The Hall–Kier alpha value is -4.19. The third-order valence-corrected chi connectivity index (χ3v) is 4.90. The number of urea groups is 1. The highest BCUT2D eigenvalue weighted by atomic mass is 16.2. The maximum absolute atomic E-state index is 12.7. The minimum absolute atomic E-state index is 0.137. The highest BCUT2D eigenvalue weighted by molar-refractivity contribution is 6.16. The van der Waals surface area contributed by atoms with Gasteiger partial charge in [-0.1, -0.05) is 66.2 Å². The maximum Gasteiger partial charge on any atom is 0.329 e. The van der Waals surface area contributed by atoms with Crippen molar-refractivity contribution in [2.24, 2.45) is 0 Å². The van der Waals surface area contributed by atoms with Crippen molar-refractivity contribution in [2.45, 2.75) is 6.92 Å². The molecule has 1 heterocycles. The largest absolute Gasteiger partial charge is 0.329 e. The average molecular weight is 411 g/mol. The molecule has 3 aromatic carbocycles. The summed E-state index contributed by atoms with van der Waals surface area (Å²) in [6.45, 7) is 1.59. The van der Waals surface area contributed by atoms with Crippen molar-refractivity contribution in [2.75, 3.05) is 11.9 Å². The van der Waals surface area contributed by atoms with E-state index in [-0.39, 0.29) is 12.2 Å². The van der Waals surface area contributed by atoms with E-state index < -0.39 is 17.8 Å². The fourth-order valence-corrected chi connectivity index (χ4v) is 3.30. The monoisotopic (exact) mass is 411 g/mol. The van der Waals surface area contributed by atoms with E-state index >= 15 is 0 Å². The van der Waals surface area contributed by atoms with Crippen LogP contribution in [0.15, 0.2) is 84.6 Å². The van der Waals surface area contributed by atoms with Gasteiger partial charge in [-0.25, -0.2) is 9.69 Å². The second-order valence-corrected chi connectivity index (χ2v) is 7.29. The van der Waals surface area contributed by atoms with E-state index in [1.807, 2.05) is 73.7 Å². The topological polar surface area (TPSA) is 78.5 Å². The highest BCUT2D eigenvalue weighted by Gasteiger charge is 2.34. The first-order chi connectivity index (χ1) is 15.0. The molecule has 0 aromatic heterocycles. The lowest BCUT2D eigenvalue weighted by atomic mass is 10.0. The molecular weight excluding hydrogens is 390 g/mol. The average Bonchev–Trinajstić information content (AvgIpc) is 3.03. The molecular formula is C25H21N3O3. The molecule has 2 N–H and O–H groups in total. The summed E-state index contributed by atoms with van der Waals surface area (Å²) in [5.74, 6) is -0.978. The number of rotatable bonds is 5. The van der Waals surface area contributed by atoms with Crippen molar-refractivity contribution < 1.29 is 14.4 Å². The molecule has 0 atom stereocenters. The van der Waals surface area contributed by atoms with Crippen LogP contribution < -0.4 is 10.6 Å². The van der Waals surface area contributed by atoms with Gasteiger partial charge in [-0.05, 0) is 47.9 Å². The molecule has 1 saturated heterocycles. The second-order valence-electron chi connectivity index (χ2n) is 7.29. The lowest BCUT2D eigenvalue weighted by Gasteiger charge is -2.12. The van der Waals surface area contributed by atoms with E-state index in [1.54, 1.807) is 18.2 Å². The summed E-state index contributed by atoms with van der Waals surface area (Å²) in [5, 5.41) is 5.25. The van der Waals surface area contributed by atoms with Gasteiger partial charge in [0.1, 0.15) is 12.2 Å². The number of imide groups is 1. The molecule has 4 amide bonds. The van der Waals surface area contributed by atoms with Crippen LogP contribution >= 0.6 is 0 Å². The lowest BCUT2D eigenvalue weighted by Crippen LogP contribution is -2.38. The number of hydrogen-bond acceptors (Lipinski definition) is 3. The molecule has 31 heavy (non-hydrogen) atoms. The Kier molecular flexibility index (Phi) is 5.62. The van der Waals surface area contributed by atoms with Crippen molar-refractivity contribution in [1.82, 2.24) is 10.2 Å². The molecule has 3 aromatic rings. The molecule has 1 aliphatic heterocycles. The zero-order valence-corrected chi connectivity index (χ0v) is 17.0. The van der Waals surface area contributed by atoms with E-state index in [4.69, 9.17) is 0 Å². The number of benzene rings is 3. The van der Waals surface area contributed by atoms with Crippen LogP contribution in [-0.4, -0.2) is 29.3 Å². The minimum Gasteiger partial charge on any atom is -0.325 e. The Balaban J connectivity index is 1.47. The van der Waals surface area contributed by atoms with Crippen LogP contribution in [0, 0.1) is 6.92 Å². The minimum atomic E-state index is -0.616. The Morgan fingerprint density at radius 1 is 0.935 bits per heavy atom. The predicted molar refractivity (Wildman–Crippen MR) is 120 cm³/mol. The van der Waals surface area contributed by atoms with Crippen LogP contribution in [0.1, 0.15) is 11.1 Å². The van der Waals surface area contributed by atoms with Gasteiger partial charge in [-0.15, -0.1) is 0 Å². The number of aryl methyl sites for hydroxylation is 1. The first-order valence-corrected chi connectivity index (χ1v) is 9.86. The molecule has 1 fully saturated rings. The summed E-state index contributed by atoms with van der Waals surface area (Å²) in [6, 6.07) is 24.2. The van der Waals surface area contributed by atoms with Crippen LogP contribution in [0.25, 0.3) is 17.2 Å². The standard InChI is InChI=1S/C25H21N3O3/c1-17-10-12-21(13-11-17)26-23(29)16-28-24(30)22(27-25(28)31)15-18-6-5-9-20(14-18)19-7-3-2-4-8-19/h2-15H,16H2,1H3,(H,26,29)(H,27,31). The first-order valence-electron chi connectivity index (χ1n) is 9.86. The van der Waals surface area contributed by atoms with E-state index in [2.05, 4.69) is 10.6 Å². The number of anilines is 1. The van der Waals surface area contributed by atoms with Crippen LogP contribution in [0.4, 0.5) is 10.5 Å². The number of amides is 4. The van der Waals surface area contributed by atoms with Gasteiger partial charge in [-0.3, -0.25) is 9.59 Å². The molecule has 154 valence electrons. The highest BCUT2D eigenvalue weighted by Crippen LogP contribution is 2.22. The summed E-state index contributed by atoms with van der Waals surface area (Å²) in [7, 11) is 0. The van der Waals surface area contributed by atoms with Gasteiger partial charge >= 0.3 is 6.03 Å². The van der Waals surface area contributed by atoms with Crippen LogP contribution in [0.2, 0.25) is 0 Å². The number of hydrogen-bond donors (Lipinski definition) is 2. The van der Waals surface area contributed by atoms with Crippen LogP contribution in [0.5, 0.6) is 0 Å². The Morgan fingerprint density at radius 2 is 1.65 bits per heavy atom. The molecule has 0 unspecified atom stereocenters. The Labute approximate surface area is 180 Å². The van der Waals surface area contributed by atoms with Crippen LogP contribution in [0.3, 0.4) is 0 Å². The van der Waals surface area contributed by atoms with Gasteiger partial charge in [0.2, 0.25) is 5.91 Å². The Morgan fingerprint density at radius 3 is 2.39 bits per heavy atom. The number of nitrogens with zero attached hydrogens (tertiary/aromatic N) is 1. The lowest BCUT2D eigenvalue weighted by molar-refractivity contribution is -0.127. The molecule has 6 nitrogen and oxygen atoms in total. The maximum atomic E-state index is 12.7. The molecule has 0 bridgehead atoms. The van der Waals surface area contributed by atoms with E-state index in [0.29, 0.717) is 5.69 Å². The summed E-state index contributed by atoms with van der Waals surface area (Å²) in [6.07, 6.45) is 1.62. The summed E-state index contributed by atoms with van der Waals surface area (Å²) in [4.78, 5) is 38.2. The SMILES string of the molecule is Cc1ccc(NC(=O)CN2C(=O)NC(=Cc3cccc(-c4ccccc4)c3)C2=O)cc1. The van der Waals surface area contributed by atoms with Gasteiger partial charge in [0.25, 0.3) is 5.91 Å². The van der Waals surface area contributed by atoms with Gasteiger partial charge in [-0.2, -0.15) is 0 Å². The molecule has 0 aliphatic carbocycles. The number of carbonyl (C=O) groups excluding carboxylic acids is 3. The number of nitrogens with one attached hydrogen (secondary N) is 2. The fourth-order valence-electron chi connectivity index (χ4n) is 3.30. The third-order valence-electron chi connectivity index (χ3n) is 4.90. The molecule has 6 heteroatoms. The number of carbonyl (C=O) groups is 3.